The summed E-state index contributed by atoms with van der Waals surface area (Å²) in [5, 5.41) is 2.01. The monoisotopic (exact) mass is 972 g/mol. The maximum Gasteiger partial charge on any atom is 0 e. The molecule has 0 amide bonds. The molecule has 283 valence electrons. The van der Waals surface area contributed by atoms with Crippen molar-refractivity contribution >= 4 is 39.6 Å². The number of aryl methyl sites for hydroxylation is 2. The van der Waals surface area contributed by atoms with Crippen molar-refractivity contribution in [3.8, 4) is 45.0 Å². The van der Waals surface area contributed by atoms with E-state index in [4.69, 9.17) is 9.40 Å². The summed E-state index contributed by atoms with van der Waals surface area (Å²) in [7, 11) is 0. The van der Waals surface area contributed by atoms with Gasteiger partial charge >= 0.3 is 125 Å². The largest absolute Gasteiger partial charge is 0 e. The molecule has 0 aliphatic heterocycles. The van der Waals surface area contributed by atoms with E-state index in [1.165, 1.54) is 46.8 Å². The minimum atomic E-state index is -1.75. The molecule has 0 bridgehead atoms. The fraction of sp³-hybridized carbons (Fsp3) is 0.220. The van der Waals surface area contributed by atoms with Crippen molar-refractivity contribution in [2.75, 3.05) is 0 Å². The smallest absolute Gasteiger partial charge is 0 e. The first-order valence-corrected chi connectivity index (χ1v) is 26.7. The zero-order valence-corrected chi connectivity index (χ0v) is 37.5. The number of furan rings is 1. The fourth-order valence-corrected chi connectivity index (χ4v) is 9.44. The Hall–Kier alpha value is -4.68. The van der Waals surface area contributed by atoms with Crippen molar-refractivity contribution in [1.82, 2.24) is 15.0 Å². The molecule has 0 unspecified atom stereocenters. The van der Waals surface area contributed by atoms with Crippen molar-refractivity contribution in [1.29, 1.82) is 0 Å². The third kappa shape index (κ3) is 8.51. The molecule has 1 aliphatic rings. The molecule has 4 heterocycles. The van der Waals surface area contributed by atoms with Crippen molar-refractivity contribution in [3.05, 3.63) is 156 Å². The summed E-state index contributed by atoms with van der Waals surface area (Å²) >= 11 is -1.75. The summed E-state index contributed by atoms with van der Waals surface area (Å²) in [6, 6.07) is 46.9. The molecule has 1 aliphatic carbocycles. The van der Waals surface area contributed by atoms with Gasteiger partial charge in [0.1, 0.15) is 5.58 Å². The molecule has 4 aromatic carbocycles. The molecule has 0 spiro atoms. The Morgan fingerprint density at radius 1 is 0.661 bits per heavy atom. The Morgan fingerprint density at radius 2 is 1.36 bits per heavy atom. The Kier molecular flexibility index (Phi) is 11.6. The van der Waals surface area contributed by atoms with Crippen LogP contribution in [0.1, 0.15) is 50.3 Å². The zero-order valence-electron chi connectivity index (χ0n) is 33.0. The van der Waals surface area contributed by atoms with E-state index < -0.39 is 13.3 Å². The van der Waals surface area contributed by atoms with Gasteiger partial charge in [-0.2, -0.15) is 0 Å². The van der Waals surface area contributed by atoms with E-state index in [0.717, 1.165) is 61.4 Å². The van der Waals surface area contributed by atoms with Crippen LogP contribution in [0.3, 0.4) is 0 Å². The third-order valence-electron chi connectivity index (χ3n) is 10.5. The van der Waals surface area contributed by atoms with Gasteiger partial charge < -0.3 is 9.40 Å². The standard InChI is InChI=1S/C32H25N2O.C18H22GeN.Ir/c1-32(2,3)24-16-17-33-26(19-24)23-14-15-25-28(18-23)35-29-20-27(21-10-6-4-7-11-21)34-31(30(25)29)22-12-8-5-9-13-22;1-19(2,3)17-10-11-18(20-13-17)16-9-8-14-6-4-5-7-15(14)12-16;/h4-17,19-20H,1-3H3;8-11,13H,4-7H2,1-3H3;/q2*-1;. The van der Waals surface area contributed by atoms with Crippen LogP contribution in [0.5, 0.6) is 0 Å². The van der Waals surface area contributed by atoms with E-state index >= 15 is 0 Å². The second-order valence-corrected chi connectivity index (χ2v) is 27.3. The predicted molar refractivity (Wildman–Crippen MR) is 231 cm³/mol. The van der Waals surface area contributed by atoms with E-state index in [1.807, 2.05) is 48.7 Å². The van der Waals surface area contributed by atoms with E-state index in [-0.39, 0.29) is 25.5 Å². The van der Waals surface area contributed by atoms with E-state index in [9.17, 15) is 0 Å². The van der Waals surface area contributed by atoms with Gasteiger partial charge in [0, 0.05) is 48.9 Å². The molecule has 0 fully saturated rings. The maximum absolute atomic E-state index is 6.41. The van der Waals surface area contributed by atoms with E-state index in [0.29, 0.717) is 5.58 Å². The van der Waals surface area contributed by atoms with Gasteiger partial charge in [-0.3, -0.25) is 0 Å². The number of rotatable bonds is 5. The minimum Gasteiger partial charge on any atom is 0 e. The van der Waals surface area contributed by atoms with Crippen molar-refractivity contribution < 1.29 is 24.5 Å². The van der Waals surface area contributed by atoms with Crippen LogP contribution >= 0.6 is 0 Å². The second kappa shape index (κ2) is 16.4. The van der Waals surface area contributed by atoms with Crippen LogP contribution in [0.4, 0.5) is 0 Å². The molecular formula is C50H47GeIrN3O-2. The van der Waals surface area contributed by atoms with Gasteiger partial charge in [0.15, 0.2) is 0 Å². The van der Waals surface area contributed by atoms with Crippen LogP contribution in [-0.2, 0) is 38.4 Å². The molecule has 0 atom stereocenters. The quantitative estimate of drug-likeness (QED) is 0.127. The second-order valence-electron chi connectivity index (χ2n) is 16.6. The first-order chi connectivity index (χ1) is 26.5. The molecular weight excluding hydrogens is 923 g/mol. The van der Waals surface area contributed by atoms with Gasteiger partial charge in [-0.15, -0.1) is 17.7 Å². The Labute approximate surface area is 347 Å². The topological polar surface area (TPSA) is 51.8 Å². The van der Waals surface area contributed by atoms with Crippen molar-refractivity contribution in [2.45, 2.75) is 69.1 Å². The molecule has 4 nitrogen and oxygen atoms in total. The van der Waals surface area contributed by atoms with Crippen molar-refractivity contribution in [2.24, 2.45) is 0 Å². The Bertz CT molecular complexity index is 2600. The number of benzene rings is 4. The summed E-state index contributed by atoms with van der Waals surface area (Å²) in [6.45, 7) is 6.63. The van der Waals surface area contributed by atoms with Crippen LogP contribution in [0.15, 0.2) is 132 Å². The molecule has 9 rings (SSSR count). The average Bonchev–Trinajstić information content (AvgIpc) is 3.58. The number of pyridine rings is 3. The summed E-state index contributed by atoms with van der Waals surface area (Å²) in [6.07, 6.45) is 8.98. The van der Waals surface area contributed by atoms with Gasteiger partial charge in [0.2, 0.25) is 0 Å². The van der Waals surface area contributed by atoms with Gasteiger partial charge in [-0.1, -0.05) is 99.0 Å². The van der Waals surface area contributed by atoms with Gasteiger partial charge in [-0.05, 0) is 22.7 Å². The number of hydrogen-bond donors (Lipinski definition) is 0. The average molecular weight is 971 g/mol. The molecule has 6 heteroatoms. The van der Waals surface area contributed by atoms with E-state index in [2.05, 4.69) is 139 Å². The molecule has 0 saturated carbocycles. The van der Waals surface area contributed by atoms with Gasteiger partial charge in [0.05, 0.1) is 17.0 Å². The maximum atomic E-state index is 6.41. The predicted octanol–water partition coefficient (Wildman–Crippen LogP) is 12.4. The summed E-state index contributed by atoms with van der Waals surface area (Å²) in [5.41, 5.74) is 13.6. The van der Waals surface area contributed by atoms with Crippen LogP contribution in [0, 0.1) is 12.1 Å². The van der Waals surface area contributed by atoms with Crippen LogP contribution < -0.4 is 4.40 Å². The zero-order chi connectivity index (χ0) is 38.2. The molecule has 0 saturated heterocycles. The SMILES string of the molecule is CC(C)(C)c1ccnc(-c2[c-]c3oc4cc(-c5ccccc5)nc(-c5ccccc5)c4c3cc2)c1.[CH3][Ge]([CH3])([CH3])[c]1ccc(-c2[c-]c3c(cc2)CCCC3)nc1.[Ir]. The number of fused-ring (bicyclic) bond motifs is 4. The van der Waals surface area contributed by atoms with Crippen LogP contribution in [0.25, 0.3) is 67.0 Å². The van der Waals surface area contributed by atoms with Crippen LogP contribution in [0.2, 0.25) is 17.3 Å². The first-order valence-electron chi connectivity index (χ1n) is 19.4. The molecule has 56 heavy (non-hydrogen) atoms. The van der Waals surface area contributed by atoms with Gasteiger partial charge in [0.25, 0.3) is 0 Å². The third-order valence-corrected chi connectivity index (χ3v) is 14.8. The molecule has 4 aromatic heterocycles. The number of aromatic nitrogens is 3. The Balaban J connectivity index is 0.000000195. The number of nitrogens with zero attached hydrogens (tertiary/aromatic N) is 3. The Morgan fingerprint density at radius 3 is 2.05 bits per heavy atom. The summed E-state index contributed by atoms with van der Waals surface area (Å²) in [5.74, 6) is 7.21. The molecule has 0 N–H and O–H groups in total. The summed E-state index contributed by atoms with van der Waals surface area (Å²) in [4.78, 5) is 14.4. The van der Waals surface area contributed by atoms with Gasteiger partial charge in [-0.25, -0.2) is 4.98 Å². The molecule has 8 aromatic rings. The first kappa shape index (κ1) is 39.6. The summed E-state index contributed by atoms with van der Waals surface area (Å²) < 4.78 is 7.88. The van der Waals surface area contributed by atoms with E-state index in [1.54, 1.807) is 0 Å². The van der Waals surface area contributed by atoms with Crippen LogP contribution in [-0.4, -0.2) is 28.2 Å². The minimum absolute atomic E-state index is 0. The normalized spacial score (nSPS) is 12.8. The van der Waals surface area contributed by atoms with Crippen molar-refractivity contribution in [3.63, 3.8) is 0 Å². The fourth-order valence-electron chi connectivity index (χ4n) is 7.27. The molecule has 1 radical (unpaired) electrons. The number of hydrogen-bond acceptors (Lipinski definition) is 4.